The predicted octanol–water partition coefficient (Wildman–Crippen LogP) is 1.33. The van der Waals surface area contributed by atoms with Crippen LogP contribution in [0.2, 0.25) is 0 Å². The smallest absolute Gasteiger partial charge is 0.126 e. The van der Waals surface area contributed by atoms with Crippen molar-refractivity contribution in [2.45, 2.75) is 20.4 Å². The van der Waals surface area contributed by atoms with Gasteiger partial charge >= 0.3 is 0 Å². The largest absolute Gasteiger partial charge is 0.395 e. The van der Waals surface area contributed by atoms with E-state index in [9.17, 15) is 0 Å². The molecule has 1 rings (SSSR count). The number of likely N-dealkylation sites (N-methyl/N-ethyl adjacent to an activating group) is 1. The highest BCUT2D eigenvalue weighted by molar-refractivity contribution is 5.37. The molecule has 0 radical (unpaired) electrons. The second-order valence-corrected chi connectivity index (χ2v) is 3.67. The Hall–Kier alpha value is -1.13. The Morgan fingerprint density at radius 2 is 2.25 bits per heavy atom. The van der Waals surface area contributed by atoms with Gasteiger partial charge in [-0.25, -0.2) is 4.98 Å². The SMILES string of the molecule is CCNc1cc(CN(CC)CCO)ccn1. The first-order chi connectivity index (χ1) is 7.80. The van der Waals surface area contributed by atoms with Crippen LogP contribution in [0.5, 0.6) is 0 Å². The number of aromatic nitrogens is 1. The Kier molecular flexibility index (Phi) is 5.82. The molecule has 0 unspecified atom stereocenters. The summed E-state index contributed by atoms with van der Waals surface area (Å²) >= 11 is 0. The highest BCUT2D eigenvalue weighted by Gasteiger charge is 2.03. The van der Waals surface area contributed by atoms with E-state index >= 15 is 0 Å². The third kappa shape index (κ3) is 4.16. The number of hydrogen-bond donors (Lipinski definition) is 2. The van der Waals surface area contributed by atoms with Gasteiger partial charge in [0.1, 0.15) is 5.82 Å². The average Bonchev–Trinajstić information content (AvgIpc) is 2.29. The number of aliphatic hydroxyl groups is 1. The maximum absolute atomic E-state index is 8.92. The van der Waals surface area contributed by atoms with Crippen molar-refractivity contribution >= 4 is 5.82 Å². The third-order valence-corrected chi connectivity index (χ3v) is 2.45. The fourth-order valence-electron chi connectivity index (χ4n) is 1.60. The maximum atomic E-state index is 8.92. The lowest BCUT2D eigenvalue weighted by molar-refractivity contribution is 0.197. The number of pyridine rings is 1. The molecule has 0 aliphatic carbocycles. The van der Waals surface area contributed by atoms with Crippen molar-refractivity contribution in [3.8, 4) is 0 Å². The highest BCUT2D eigenvalue weighted by atomic mass is 16.3. The predicted molar refractivity (Wildman–Crippen MR) is 66.4 cm³/mol. The summed E-state index contributed by atoms with van der Waals surface area (Å²) in [6, 6.07) is 4.07. The van der Waals surface area contributed by atoms with Crippen molar-refractivity contribution in [1.29, 1.82) is 0 Å². The van der Waals surface area contributed by atoms with E-state index in [-0.39, 0.29) is 6.61 Å². The van der Waals surface area contributed by atoms with Crippen LogP contribution in [0.25, 0.3) is 0 Å². The molecule has 1 aromatic rings. The molecule has 2 N–H and O–H groups in total. The van der Waals surface area contributed by atoms with Crippen molar-refractivity contribution < 1.29 is 5.11 Å². The fraction of sp³-hybridized carbons (Fsp3) is 0.583. The van der Waals surface area contributed by atoms with Crippen molar-refractivity contribution in [3.05, 3.63) is 23.9 Å². The van der Waals surface area contributed by atoms with E-state index < -0.39 is 0 Å². The highest BCUT2D eigenvalue weighted by Crippen LogP contribution is 2.09. The first-order valence-electron chi connectivity index (χ1n) is 5.82. The van der Waals surface area contributed by atoms with Crippen molar-refractivity contribution in [1.82, 2.24) is 9.88 Å². The minimum Gasteiger partial charge on any atom is -0.395 e. The van der Waals surface area contributed by atoms with Gasteiger partial charge in [0.05, 0.1) is 6.61 Å². The minimum absolute atomic E-state index is 0.207. The summed E-state index contributed by atoms with van der Waals surface area (Å²) in [5.41, 5.74) is 1.22. The molecule has 0 aliphatic heterocycles. The lowest BCUT2D eigenvalue weighted by atomic mass is 10.2. The summed E-state index contributed by atoms with van der Waals surface area (Å²) in [6.07, 6.45) is 1.82. The number of anilines is 1. The van der Waals surface area contributed by atoms with Crippen molar-refractivity contribution in [2.24, 2.45) is 0 Å². The van der Waals surface area contributed by atoms with E-state index in [0.717, 1.165) is 32.0 Å². The lowest BCUT2D eigenvalue weighted by Gasteiger charge is -2.19. The van der Waals surface area contributed by atoms with E-state index in [1.54, 1.807) is 0 Å². The van der Waals surface area contributed by atoms with Gasteiger partial charge in [-0.1, -0.05) is 6.92 Å². The van der Waals surface area contributed by atoms with Crippen LogP contribution < -0.4 is 5.32 Å². The average molecular weight is 223 g/mol. The Morgan fingerprint density at radius 1 is 1.44 bits per heavy atom. The van der Waals surface area contributed by atoms with E-state index in [0.29, 0.717) is 0 Å². The summed E-state index contributed by atoms with van der Waals surface area (Å²) in [5, 5.41) is 12.1. The summed E-state index contributed by atoms with van der Waals surface area (Å²) in [7, 11) is 0. The molecule has 1 heterocycles. The van der Waals surface area contributed by atoms with Gasteiger partial charge in [0, 0.05) is 25.8 Å². The van der Waals surface area contributed by atoms with E-state index in [4.69, 9.17) is 5.11 Å². The molecule has 1 aromatic heterocycles. The Morgan fingerprint density at radius 3 is 2.88 bits per heavy atom. The zero-order valence-corrected chi connectivity index (χ0v) is 10.1. The minimum atomic E-state index is 0.207. The molecule has 4 heteroatoms. The topological polar surface area (TPSA) is 48.4 Å². The van der Waals surface area contributed by atoms with Gasteiger partial charge in [0.25, 0.3) is 0 Å². The van der Waals surface area contributed by atoms with Gasteiger partial charge in [-0.05, 0) is 31.2 Å². The standard InChI is InChI=1S/C12H21N3O/c1-3-13-12-9-11(5-6-14-12)10-15(4-2)7-8-16/h5-6,9,16H,3-4,7-8,10H2,1-2H3,(H,13,14). The molecule has 4 nitrogen and oxygen atoms in total. The second kappa shape index (κ2) is 7.19. The lowest BCUT2D eigenvalue weighted by Crippen LogP contribution is -2.26. The molecule has 0 spiro atoms. The van der Waals surface area contributed by atoms with Crippen LogP contribution in [-0.2, 0) is 6.54 Å². The van der Waals surface area contributed by atoms with Crippen LogP contribution in [0, 0.1) is 0 Å². The van der Waals surface area contributed by atoms with Crippen LogP contribution in [-0.4, -0.2) is 41.2 Å². The molecule has 0 bridgehead atoms. The summed E-state index contributed by atoms with van der Waals surface area (Å²) in [6.45, 7) is 7.76. The number of hydrogen-bond acceptors (Lipinski definition) is 4. The van der Waals surface area contributed by atoms with Crippen LogP contribution >= 0.6 is 0 Å². The van der Waals surface area contributed by atoms with Gasteiger partial charge in [-0.2, -0.15) is 0 Å². The van der Waals surface area contributed by atoms with E-state index in [1.807, 2.05) is 12.3 Å². The summed E-state index contributed by atoms with van der Waals surface area (Å²) in [5.74, 6) is 0.917. The first kappa shape index (κ1) is 12.9. The molecule has 0 amide bonds. The Balaban J connectivity index is 2.60. The van der Waals surface area contributed by atoms with Gasteiger partial charge in [0.15, 0.2) is 0 Å². The fourth-order valence-corrected chi connectivity index (χ4v) is 1.60. The van der Waals surface area contributed by atoms with E-state index in [1.165, 1.54) is 5.56 Å². The molecule has 0 aromatic carbocycles. The molecule has 0 saturated carbocycles. The Bertz CT molecular complexity index is 304. The molecule has 90 valence electrons. The molecule has 0 saturated heterocycles. The Labute approximate surface area is 97.3 Å². The van der Waals surface area contributed by atoms with Crippen LogP contribution in [0.4, 0.5) is 5.82 Å². The zero-order valence-electron chi connectivity index (χ0n) is 10.1. The summed E-state index contributed by atoms with van der Waals surface area (Å²) < 4.78 is 0. The molecule has 0 aliphatic rings. The quantitative estimate of drug-likeness (QED) is 0.732. The number of nitrogens with one attached hydrogen (secondary N) is 1. The van der Waals surface area contributed by atoms with Gasteiger partial charge < -0.3 is 10.4 Å². The number of nitrogens with zero attached hydrogens (tertiary/aromatic N) is 2. The number of rotatable bonds is 7. The molecular weight excluding hydrogens is 202 g/mol. The van der Waals surface area contributed by atoms with Gasteiger partial charge in [-0.3, -0.25) is 4.90 Å². The summed E-state index contributed by atoms with van der Waals surface area (Å²) in [4.78, 5) is 6.43. The monoisotopic (exact) mass is 223 g/mol. The number of aliphatic hydroxyl groups excluding tert-OH is 1. The third-order valence-electron chi connectivity index (χ3n) is 2.45. The van der Waals surface area contributed by atoms with E-state index in [2.05, 4.69) is 35.1 Å². The van der Waals surface area contributed by atoms with Gasteiger partial charge in [-0.15, -0.1) is 0 Å². The van der Waals surface area contributed by atoms with Crippen molar-refractivity contribution in [3.63, 3.8) is 0 Å². The van der Waals surface area contributed by atoms with Crippen LogP contribution in [0.15, 0.2) is 18.3 Å². The first-order valence-corrected chi connectivity index (χ1v) is 5.82. The van der Waals surface area contributed by atoms with Crippen LogP contribution in [0.1, 0.15) is 19.4 Å². The van der Waals surface area contributed by atoms with Crippen LogP contribution in [0.3, 0.4) is 0 Å². The second-order valence-electron chi connectivity index (χ2n) is 3.67. The molecular formula is C12H21N3O. The molecule has 16 heavy (non-hydrogen) atoms. The maximum Gasteiger partial charge on any atom is 0.126 e. The zero-order chi connectivity index (χ0) is 11.8. The molecule has 0 atom stereocenters. The van der Waals surface area contributed by atoms with Gasteiger partial charge in [0.2, 0.25) is 0 Å². The van der Waals surface area contributed by atoms with Crippen molar-refractivity contribution in [2.75, 3.05) is 31.6 Å². The molecule has 0 fully saturated rings. The normalized spacial score (nSPS) is 10.8.